The minimum absolute atomic E-state index is 0. The van der Waals surface area contributed by atoms with Gasteiger partial charge < -0.3 is 5.32 Å². The van der Waals surface area contributed by atoms with Crippen molar-refractivity contribution in [2.45, 2.75) is 31.3 Å². The van der Waals surface area contributed by atoms with Crippen LogP contribution in [0.3, 0.4) is 0 Å². The van der Waals surface area contributed by atoms with Crippen molar-refractivity contribution in [3.05, 3.63) is 35.7 Å². The van der Waals surface area contributed by atoms with Crippen LogP contribution in [0.1, 0.15) is 30.1 Å². The fourth-order valence-electron chi connectivity index (χ4n) is 2.98. The summed E-state index contributed by atoms with van der Waals surface area (Å²) < 4.78 is 0. The summed E-state index contributed by atoms with van der Waals surface area (Å²) in [4.78, 5) is 9.03. The third kappa shape index (κ3) is 1.96. The predicted octanol–water partition coefficient (Wildman–Crippen LogP) is 2.82. The number of hydrogen-bond acceptors (Lipinski definition) is 3. The SMILES string of the molecule is Cl.Cl.c1cnc2nc3c(cc2c1)C1CCC(C3)N1. The van der Waals surface area contributed by atoms with Gasteiger partial charge in [0, 0.05) is 35.8 Å². The van der Waals surface area contributed by atoms with Crippen molar-refractivity contribution in [1.29, 1.82) is 0 Å². The van der Waals surface area contributed by atoms with Crippen molar-refractivity contribution < 1.29 is 0 Å². The first-order valence-corrected chi connectivity index (χ1v) is 5.91. The molecule has 2 aromatic rings. The van der Waals surface area contributed by atoms with Crippen LogP contribution in [0.25, 0.3) is 11.0 Å². The van der Waals surface area contributed by atoms with Crippen LogP contribution in [-0.4, -0.2) is 16.0 Å². The van der Waals surface area contributed by atoms with Crippen LogP contribution in [0.4, 0.5) is 0 Å². The molecule has 0 saturated carbocycles. The van der Waals surface area contributed by atoms with Gasteiger partial charge in [-0.1, -0.05) is 0 Å². The van der Waals surface area contributed by atoms with Crippen molar-refractivity contribution in [3.8, 4) is 0 Å². The van der Waals surface area contributed by atoms with Gasteiger partial charge in [0.25, 0.3) is 0 Å². The molecule has 2 aliphatic heterocycles. The van der Waals surface area contributed by atoms with Crippen molar-refractivity contribution in [1.82, 2.24) is 15.3 Å². The summed E-state index contributed by atoms with van der Waals surface area (Å²) in [5.41, 5.74) is 3.55. The van der Waals surface area contributed by atoms with E-state index >= 15 is 0 Å². The van der Waals surface area contributed by atoms with Gasteiger partial charge in [0.2, 0.25) is 0 Å². The van der Waals surface area contributed by atoms with Crippen LogP contribution >= 0.6 is 24.8 Å². The highest BCUT2D eigenvalue weighted by Gasteiger charge is 2.33. The first-order chi connectivity index (χ1) is 7.90. The lowest BCUT2D eigenvalue weighted by Crippen LogP contribution is -2.32. The molecule has 0 spiro atoms. The summed E-state index contributed by atoms with van der Waals surface area (Å²) in [6.45, 7) is 0. The van der Waals surface area contributed by atoms with Gasteiger partial charge in [0.15, 0.2) is 5.65 Å². The molecule has 2 unspecified atom stereocenters. The maximum Gasteiger partial charge on any atom is 0.159 e. The van der Waals surface area contributed by atoms with E-state index in [2.05, 4.69) is 22.4 Å². The van der Waals surface area contributed by atoms with Crippen molar-refractivity contribution in [2.24, 2.45) is 0 Å². The van der Waals surface area contributed by atoms with E-state index in [0.29, 0.717) is 12.1 Å². The number of rotatable bonds is 0. The second-order valence-corrected chi connectivity index (χ2v) is 4.77. The molecule has 2 bridgehead atoms. The summed E-state index contributed by atoms with van der Waals surface area (Å²) in [6, 6.07) is 7.52. The van der Waals surface area contributed by atoms with Crippen molar-refractivity contribution in [2.75, 3.05) is 0 Å². The first-order valence-electron chi connectivity index (χ1n) is 5.91. The highest BCUT2D eigenvalue weighted by Crippen LogP contribution is 2.35. The molecule has 1 N–H and O–H groups in total. The smallest absolute Gasteiger partial charge is 0.159 e. The molecule has 2 atom stereocenters. The van der Waals surface area contributed by atoms with Gasteiger partial charge in [0.05, 0.1) is 0 Å². The Morgan fingerprint density at radius 1 is 1.22 bits per heavy atom. The Bertz CT molecular complexity index is 573. The third-order valence-corrected chi connectivity index (χ3v) is 3.76. The Morgan fingerprint density at radius 3 is 3.00 bits per heavy atom. The van der Waals surface area contributed by atoms with Gasteiger partial charge >= 0.3 is 0 Å². The molecule has 3 nitrogen and oxygen atoms in total. The van der Waals surface area contributed by atoms with Crippen molar-refractivity contribution in [3.63, 3.8) is 0 Å². The molecule has 18 heavy (non-hydrogen) atoms. The van der Waals surface area contributed by atoms with Gasteiger partial charge in [-0.15, -0.1) is 24.8 Å². The molecule has 1 saturated heterocycles. The number of fused-ring (bicyclic) bond motifs is 5. The molecule has 0 radical (unpaired) electrons. The van der Waals surface area contributed by atoms with E-state index in [4.69, 9.17) is 4.98 Å². The van der Waals surface area contributed by atoms with Crippen LogP contribution in [0.2, 0.25) is 0 Å². The van der Waals surface area contributed by atoms with Crippen LogP contribution in [-0.2, 0) is 6.42 Å². The Morgan fingerprint density at radius 2 is 2.11 bits per heavy atom. The second kappa shape index (κ2) is 5.00. The monoisotopic (exact) mass is 283 g/mol. The molecule has 1 fully saturated rings. The summed E-state index contributed by atoms with van der Waals surface area (Å²) in [6.07, 6.45) is 5.42. The fourth-order valence-corrected chi connectivity index (χ4v) is 2.98. The van der Waals surface area contributed by atoms with Gasteiger partial charge in [-0.25, -0.2) is 9.97 Å². The Labute approximate surface area is 118 Å². The minimum atomic E-state index is 0. The molecule has 5 heteroatoms. The standard InChI is InChI=1S/C13H13N3.2ClH/c1-2-8-6-10-11-4-3-9(15-11)7-12(10)16-13(8)14-5-1;;/h1-2,5-6,9,11,15H,3-4,7H2;2*1H. The van der Waals surface area contributed by atoms with E-state index in [9.17, 15) is 0 Å². The number of halogens is 2. The number of pyridine rings is 2. The van der Waals surface area contributed by atoms with Gasteiger partial charge in [0.1, 0.15) is 0 Å². The zero-order valence-electron chi connectivity index (χ0n) is 9.80. The molecule has 0 aromatic carbocycles. The fraction of sp³-hybridized carbons (Fsp3) is 0.385. The van der Waals surface area contributed by atoms with Crippen LogP contribution in [0, 0.1) is 0 Å². The van der Waals surface area contributed by atoms with E-state index in [1.54, 1.807) is 0 Å². The average Bonchev–Trinajstić information content (AvgIpc) is 2.71. The Balaban J connectivity index is 0.000000602. The van der Waals surface area contributed by atoms with Gasteiger partial charge in [-0.2, -0.15) is 0 Å². The second-order valence-electron chi connectivity index (χ2n) is 4.77. The molecular formula is C13H15Cl2N3. The number of nitrogens with zero attached hydrogens (tertiary/aromatic N) is 2. The summed E-state index contributed by atoms with van der Waals surface area (Å²) in [7, 11) is 0. The van der Waals surface area contributed by atoms with Crippen LogP contribution < -0.4 is 5.32 Å². The van der Waals surface area contributed by atoms with E-state index in [-0.39, 0.29) is 24.8 Å². The van der Waals surface area contributed by atoms with Gasteiger partial charge in [-0.05, 0) is 36.6 Å². The Kier molecular flexibility index (Phi) is 3.76. The van der Waals surface area contributed by atoms with Crippen LogP contribution in [0.15, 0.2) is 24.4 Å². The normalized spacial score (nSPS) is 24.0. The first kappa shape index (κ1) is 13.5. The average molecular weight is 284 g/mol. The van der Waals surface area contributed by atoms with Crippen LogP contribution in [0.5, 0.6) is 0 Å². The molecule has 2 aliphatic rings. The molecule has 0 aliphatic carbocycles. The van der Waals surface area contributed by atoms with E-state index in [1.807, 2.05) is 12.3 Å². The zero-order valence-corrected chi connectivity index (χ0v) is 11.4. The zero-order chi connectivity index (χ0) is 10.5. The largest absolute Gasteiger partial charge is 0.307 e. The predicted molar refractivity (Wildman–Crippen MR) is 76.6 cm³/mol. The molecular weight excluding hydrogens is 269 g/mol. The minimum Gasteiger partial charge on any atom is -0.307 e. The Hall–Kier alpha value is -0.900. The quantitative estimate of drug-likeness (QED) is 0.808. The van der Waals surface area contributed by atoms with E-state index in [1.165, 1.54) is 24.1 Å². The third-order valence-electron chi connectivity index (χ3n) is 3.76. The summed E-state index contributed by atoms with van der Waals surface area (Å²) >= 11 is 0. The molecule has 96 valence electrons. The highest BCUT2D eigenvalue weighted by molar-refractivity contribution is 5.85. The molecule has 2 aromatic heterocycles. The molecule has 0 amide bonds. The van der Waals surface area contributed by atoms with Gasteiger partial charge in [-0.3, -0.25) is 0 Å². The summed E-state index contributed by atoms with van der Waals surface area (Å²) in [5.74, 6) is 0. The van der Waals surface area contributed by atoms with E-state index in [0.717, 1.165) is 17.5 Å². The molecule has 4 heterocycles. The summed E-state index contributed by atoms with van der Waals surface area (Å²) in [5, 5.41) is 4.81. The maximum absolute atomic E-state index is 4.71. The lowest BCUT2D eigenvalue weighted by atomic mass is 9.99. The number of nitrogens with one attached hydrogen (secondary N) is 1. The lowest BCUT2D eigenvalue weighted by Gasteiger charge is -2.23. The maximum atomic E-state index is 4.71. The number of aromatic nitrogens is 2. The highest BCUT2D eigenvalue weighted by atomic mass is 35.5. The lowest BCUT2D eigenvalue weighted by molar-refractivity contribution is 0.508. The number of hydrogen-bond donors (Lipinski definition) is 1. The topological polar surface area (TPSA) is 37.8 Å². The van der Waals surface area contributed by atoms with E-state index < -0.39 is 0 Å². The van der Waals surface area contributed by atoms with Crippen molar-refractivity contribution >= 4 is 35.8 Å². The molecule has 4 rings (SSSR count).